The largest absolute Gasteiger partial charge is 0.243 e. The number of nitrogens with zero attached hydrogens (tertiary/aromatic N) is 5. The number of piperidine rings is 1. The second-order valence-electron chi connectivity index (χ2n) is 7.24. The third-order valence-corrected chi connectivity index (χ3v) is 7.24. The average molecular weight is 398 g/mol. The summed E-state index contributed by atoms with van der Waals surface area (Å²) in [5, 5.41) is 11.1. The van der Waals surface area contributed by atoms with E-state index in [2.05, 4.69) is 39.8 Å². The van der Waals surface area contributed by atoms with Crippen molar-refractivity contribution in [3.63, 3.8) is 0 Å². The minimum absolute atomic E-state index is 0.323. The molecule has 3 aromatic rings. The van der Waals surface area contributed by atoms with Crippen molar-refractivity contribution >= 4 is 10.0 Å². The molecule has 146 valence electrons. The maximum absolute atomic E-state index is 13.1. The van der Waals surface area contributed by atoms with Crippen LogP contribution in [0.4, 0.5) is 0 Å². The normalized spacial score (nSPS) is 16.3. The second kappa shape index (κ2) is 7.81. The average Bonchev–Trinajstić information content (AvgIpc) is 3.23. The minimum Gasteiger partial charge on any atom is -0.207 e. The molecule has 1 aliphatic rings. The summed E-state index contributed by atoms with van der Waals surface area (Å²) in [6, 6.07) is 15.5. The van der Waals surface area contributed by atoms with Crippen molar-refractivity contribution in [3.8, 4) is 5.69 Å². The third kappa shape index (κ3) is 3.83. The summed E-state index contributed by atoms with van der Waals surface area (Å²) in [5.41, 5.74) is 2.90. The van der Waals surface area contributed by atoms with E-state index in [9.17, 15) is 8.42 Å². The number of aromatic nitrogens is 4. The van der Waals surface area contributed by atoms with Gasteiger partial charge in [-0.2, -0.15) is 4.31 Å². The van der Waals surface area contributed by atoms with E-state index < -0.39 is 10.0 Å². The van der Waals surface area contributed by atoms with Gasteiger partial charge in [0.15, 0.2) is 0 Å². The van der Waals surface area contributed by atoms with E-state index in [1.54, 1.807) is 22.5 Å². The molecule has 4 rings (SSSR count). The van der Waals surface area contributed by atoms with Crippen molar-refractivity contribution in [2.45, 2.75) is 31.1 Å². The van der Waals surface area contributed by atoms with Crippen molar-refractivity contribution in [3.05, 3.63) is 66.0 Å². The van der Waals surface area contributed by atoms with Crippen LogP contribution >= 0.6 is 0 Å². The fourth-order valence-corrected chi connectivity index (χ4v) is 5.32. The summed E-state index contributed by atoms with van der Waals surface area (Å²) in [6.07, 6.45) is 4.27. The molecule has 8 heteroatoms. The number of sulfonamides is 1. The molecule has 1 aromatic heterocycles. The summed E-state index contributed by atoms with van der Waals surface area (Å²) in [7, 11) is -3.49. The molecule has 1 fully saturated rings. The molecule has 0 unspecified atom stereocenters. The minimum atomic E-state index is -3.49. The fourth-order valence-electron chi connectivity index (χ4n) is 3.77. The molecule has 1 saturated heterocycles. The molecule has 0 bridgehead atoms. The van der Waals surface area contributed by atoms with Crippen molar-refractivity contribution in [2.75, 3.05) is 13.1 Å². The van der Waals surface area contributed by atoms with E-state index in [0.29, 0.717) is 23.9 Å². The van der Waals surface area contributed by atoms with Gasteiger partial charge in [0.05, 0.1) is 10.6 Å². The highest BCUT2D eigenvalue weighted by Gasteiger charge is 2.29. The highest BCUT2D eigenvalue weighted by Crippen LogP contribution is 2.27. The van der Waals surface area contributed by atoms with Crippen LogP contribution in [0.15, 0.2) is 59.8 Å². The van der Waals surface area contributed by atoms with Crippen LogP contribution in [0.1, 0.15) is 24.0 Å². The molecular weight excluding hydrogens is 374 g/mol. The zero-order chi connectivity index (χ0) is 19.6. The van der Waals surface area contributed by atoms with E-state index >= 15 is 0 Å². The molecule has 0 spiro atoms. The zero-order valence-electron chi connectivity index (χ0n) is 15.8. The van der Waals surface area contributed by atoms with E-state index in [0.717, 1.165) is 30.5 Å². The lowest BCUT2D eigenvalue weighted by Gasteiger charge is -2.31. The van der Waals surface area contributed by atoms with Crippen LogP contribution in [0.5, 0.6) is 0 Å². The Kier molecular flexibility index (Phi) is 5.23. The van der Waals surface area contributed by atoms with Crippen molar-refractivity contribution in [1.82, 2.24) is 24.5 Å². The Bertz CT molecular complexity index is 1030. The zero-order valence-corrected chi connectivity index (χ0v) is 16.6. The van der Waals surface area contributed by atoms with Crippen LogP contribution in [-0.4, -0.2) is 46.0 Å². The Morgan fingerprint density at radius 2 is 1.82 bits per heavy atom. The first-order chi connectivity index (χ1) is 13.5. The molecule has 0 saturated carbocycles. The van der Waals surface area contributed by atoms with Gasteiger partial charge in [0.2, 0.25) is 10.0 Å². The van der Waals surface area contributed by atoms with Crippen LogP contribution in [0, 0.1) is 12.8 Å². The van der Waals surface area contributed by atoms with Gasteiger partial charge in [0.25, 0.3) is 0 Å². The van der Waals surface area contributed by atoms with Gasteiger partial charge < -0.3 is 0 Å². The van der Waals surface area contributed by atoms with Crippen LogP contribution < -0.4 is 0 Å². The lowest BCUT2D eigenvalue weighted by atomic mass is 9.91. The maximum atomic E-state index is 13.1. The van der Waals surface area contributed by atoms with E-state index in [1.165, 1.54) is 16.6 Å². The van der Waals surface area contributed by atoms with Gasteiger partial charge in [-0.05, 0) is 71.9 Å². The lowest BCUT2D eigenvalue weighted by molar-refractivity contribution is 0.273. The van der Waals surface area contributed by atoms with Gasteiger partial charge in [0, 0.05) is 13.1 Å². The molecule has 0 amide bonds. The fraction of sp³-hybridized carbons (Fsp3) is 0.350. The van der Waals surface area contributed by atoms with Gasteiger partial charge in [0.1, 0.15) is 6.33 Å². The SMILES string of the molecule is Cc1cc(S(=O)(=O)N2CCC(Cc3ccccc3)CC2)ccc1-n1cnnn1. The van der Waals surface area contributed by atoms with Crippen LogP contribution in [0.2, 0.25) is 0 Å². The number of tetrazole rings is 1. The Morgan fingerprint density at radius 1 is 1.07 bits per heavy atom. The highest BCUT2D eigenvalue weighted by atomic mass is 32.2. The summed E-state index contributed by atoms with van der Waals surface area (Å²) in [4.78, 5) is 0.323. The Labute approximate surface area is 165 Å². The lowest BCUT2D eigenvalue weighted by Crippen LogP contribution is -2.38. The van der Waals surface area contributed by atoms with Gasteiger partial charge in [-0.3, -0.25) is 0 Å². The van der Waals surface area contributed by atoms with Crippen LogP contribution in [-0.2, 0) is 16.4 Å². The first-order valence-electron chi connectivity index (χ1n) is 9.42. The second-order valence-corrected chi connectivity index (χ2v) is 9.18. The molecule has 28 heavy (non-hydrogen) atoms. The standard InChI is InChI=1S/C20H23N5O2S/c1-16-13-19(7-8-20(16)25-15-21-22-23-25)28(26,27)24-11-9-18(10-12-24)14-17-5-3-2-4-6-17/h2-8,13,15,18H,9-12,14H2,1H3. The molecule has 0 aliphatic carbocycles. The topological polar surface area (TPSA) is 81.0 Å². The first-order valence-corrected chi connectivity index (χ1v) is 10.9. The Balaban J connectivity index is 1.45. The number of rotatable bonds is 5. The maximum Gasteiger partial charge on any atom is 0.243 e. The molecular formula is C20H23N5O2S. The van der Waals surface area contributed by atoms with E-state index in [4.69, 9.17) is 0 Å². The third-order valence-electron chi connectivity index (χ3n) is 5.34. The van der Waals surface area contributed by atoms with Crippen LogP contribution in [0.3, 0.4) is 0 Å². The number of aryl methyl sites for hydroxylation is 1. The monoisotopic (exact) mass is 397 g/mol. The van der Waals surface area contributed by atoms with Gasteiger partial charge in [-0.25, -0.2) is 13.1 Å². The van der Waals surface area contributed by atoms with Crippen molar-refractivity contribution < 1.29 is 8.42 Å². The van der Waals surface area contributed by atoms with Crippen molar-refractivity contribution in [2.24, 2.45) is 5.92 Å². The van der Waals surface area contributed by atoms with E-state index in [-0.39, 0.29) is 0 Å². The van der Waals surface area contributed by atoms with E-state index in [1.807, 2.05) is 13.0 Å². The highest BCUT2D eigenvalue weighted by molar-refractivity contribution is 7.89. The van der Waals surface area contributed by atoms with Gasteiger partial charge >= 0.3 is 0 Å². The molecule has 2 aromatic carbocycles. The molecule has 0 atom stereocenters. The molecule has 2 heterocycles. The van der Waals surface area contributed by atoms with Crippen molar-refractivity contribution in [1.29, 1.82) is 0 Å². The molecule has 7 nitrogen and oxygen atoms in total. The Hall–Kier alpha value is -2.58. The molecule has 0 N–H and O–H groups in total. The summed E-state index contributed by atoms with van der Waals surface area (Å²) in [6.45, 7) is 2.99. The quantitative estimate of drug-likeness (QED) is 0.661. The number of hydrogen-bond acceptors (Lipinski definition) is 5. The molecule has 1 aliphatic heterocycles. The van der Waals surface area contributed by atoms with Gasteiger partial charge in [-0.1, -0.05) is 30.3 Å². The molecule has 0 radical (unpaired) electrons. The van der Waals surface area contributed by atoms with Crippen LogP contribution in [0.25, 0.3) is 5.69 Å². The summed E-state index contributed by atoms with van der Waals surface area (Å²) < 4.78 is 29.3. The summed E-state index contributed by atoms with van der Waals surface area (Å²) in [5.74, 6) is 0.526. The summed E-state index contributed by atoms with van der Waals surface area (Å²) >= 11 is 0. The smallest absolute Gasteiger partial charge is 0.207 e. The van der Waals surface area contributed by atoms with Gasteiger partial charge in [-0.15, -0.1) is 5.10 Å². The Morgan fingerprint density at radius 3 is 2.46 bits per heavy atom. The number of hydrogen-bond donors (Lipinski definition) is 0. The number of benzene rings is 2. The first kappa shape index (κ1) is 18.8. The predicted molar refractivity (Wildman–Crippen MR) is 106 cm³/mol. The predicted octanol–water partition coefficient (Wildman–Crippen LogP) is 2.61.